The van der Waals surface area contributed by atoms with Crippen molar-refractivity contribution >= 4 is 27.5 Å². The maximum Gasteiger partial charge on any atom is 0.244 e. The maximum atomic E-state index is 14.3. The predicted molar refractivity (Wildman–Crippen MR) is 118 cm³/mol. The van der Waals surface area contributed by atoms with Crippen LogP contribution in [0.25, 0.3) is 0 Å². The number of carbonyl (C=O) groups is 2. The molecule has 0 radical (unpaired) electrons. The van der Waals surface area contributed by atoms with Gasteiger partial charge in [-0.2, -0.15) is 0 Å². The van der Waals surface area contributed by atoms with Gasteiger partial charge in [0.2, 0.25) is 21.8 Å². The molecule has 31 heavy (non-hydrogen) atoms. The van der Waals surface area contributed by atoms with E-state index in [0.29, 0.717) is 0 Å². The summed E-state index contributed by atoms with van der Waals surface area (Å²) < 4.78 is 39.7. The number of benzene rings is 2. The largest absolute Gasteiger partial charge is 0.352 e. The van der Waals surface area contributed by atoms with Gasteiger partial charge in [-0.15, -0.1) is 0 Å². The molecule has 168 valence electrons. The highest BCUT2D eigenvalue weighted by atomic mass is 32.2. The minimum Gasteiger partial charge on any atom is -0.352 e. The second-order valence-corrected chi connectivity index (χ2v) is 9.47. The summed E-state index contributed by atoms with van der Waals surface area (Å²) in [5.74, 6) is -1.75. The number of nitrogens with one attached hydrogen (secondary N) is 1. The van der Waals surface area contributed by atoms with Crippen molar-refractivity contribution in [1.29, 1.82) is 0 Å². The molecule has 2 amide bonds. The lowest BCUT2D eigenvalue weighted by Crippen LogP contribution is -2.52. The molecule has 9 heteroatoms. The first-order valence-electron chi connectivity index (χ1n) is 9.86. The number of anilines is 1. The molecule has 1 atom stereocenters. The molecule has 0 spiro atoms. The minimum atomic E-state index is -3.96. The van der Waals surface area contributed by atoms with Crippen LogP contribution in [0, 0.1) is 5.82 Å². The molecule has 0 fully saturated rings. The molecule has 0 unspecified atom stereocenters. The summed E-state index contributed by atoms with van der Waals surface area (Å²) in [6, 6.07) is 13.4. The molecule has 0 aliphatic heterocycles. The van der Waals surface area contributed by atoms with Crippen molar-refractivity contribution in [2.75, 3.05) is 17.1 Å². The highest BCUT2D eigenvalue weighted by Gasteiger charge is 2.31. The van der Waals surface area contributed by atoms with Crippen LogP contribution in [0.4, 0.5) is 10.1 Å². The normalized spacial score (nSPS) is 12.3. The summed E-state index contributed by atoms with van der Waals surface area (Å²) in [4.78, 5) is 27.1. The lowest BCUT2D eigenvalue weighted by atomic mass is 10.1. The summed E-state index contributed by atoms with van der Waals surface area (Å²) in [7, 11) is -3.96. The van der Waals surface area contributed by atoms with E-state index < -0.39 is 34.3 Å². The first-order chi connectivity index (χ1) is 14.5. The molecular weight excluding hydrogens is 421 g/mol. The minimum absolute atomic E-state index is 0.0984. The molecule has 0 aliphatic carbocycles. The third kappa shape index (κ3) is 6.78. The SMILES string of the molecule is CC(C)NC(=O)[C@@H](C)N(Cc1ccccc1)C(=O)CN(c1ccccc1F)S(C)(=O)=O. The van der Waals surface area contributed by atoms with Crippen LogP contribution in [-0.2, 0) is 26.2 Å². The average Bonchev–Trinajstić information content (AvgIpc) is 2.69. The van der Waals surface area contributed by atoms with Crippen LogP contribution in [0.2, 0.25) is 0 Å². The molecular formula is C22H28FN3O4S. The number of hydrogen-bond acceptors (Lipinski definition) is 4. The van der Waals surface area contributed by atoms with Gasteiger partial charge in [-0.3, -0.25) is 13.9 Å². The molecule has 0 heterocycles. The van der Waals surface area contributed by atoms with E-state index in [-0.39, 0.29) is 24.2 Å². The quantitative estimate of drug-likeness (QED) is 0.637. The summed E-state index contributed by atoms with van der Waals surface area (Å²) in [5.41, 5.74) is 0.550. The highest BCUT2D eigenvalue weighted by Crippen LogP contribution is 2.22. The van der Waals surface area contributed by atoms with Crippen molar-refractivity contribution in [3.63, 3.8) is 0 Å². The van der Waals surface area contributed by atoms with E-state index in [1.165, 1.54) is 23.1 Å². The lowest BCUT2D eigenvalue weighted by molar-refractivity contribution is -0.139. The monoisotopic (exact) mass is 449 g/mol. The van der Waals surface area contributed by atoms with Crippen molar-refractivity contribution in [1.82, 2.24) is 10.2 Å². The number of halogens is 1. The van der Waals surface area contributed by atoms with E-state index in [9.17, 15) is 22.4 Å². The van der Waals surface area contributed by atoms with Crippen molar-refractivity contribution in [2.45, 2.75) is 39.4 Å². The third-order valence-electron chi connectivity index (χ3n) is 4.59. The van der Waals surface area contributed by atoms with Crippen LogP contribution in [0.5, 0.6) is 0 Å². The molecule has 7 nitrogen and oxygen atoms in total. The van der Waals surface area contributed by atoms with E-state index in [0.717, 1.165) is 22.2 Å². The fourth-order valence-electron chi connectivity index (χ4n) is 3.02. The number of carbonyl (C=O) groups excluding carboxylic acids is 2. The Morgan fingerprint density at radius 1 is 1.00 bits per heavy atom. The van der Waals surface area contributed by atoms with Crippen molar-refractivity contribution < 1.29 is 22.4 Å². The fraction of sp³-hybridized carbons (Fsp3) is 0.364. The van der Waals surface area contributed by atoms with Gasteiger partial charge in [0.1, 0.15) is 18.4 Å². The van der Waals surface area contributed by atoms with Crippen LogP contribution in [0.1, 0.15) is 26.3 Å². The zero-order valence-electron chi connectivity index (χ0n) is 18.1. The second-order valence-electron chi connectivity index (χ2n) is 7.57. The van der Waals surface area contributed by atoms with Gasteiger partial charge < -0.3 is 10.2 Å². The number of sulfonamides is 1. The van der Waals surface area contributed by atoms with E-state index in [2.05, 4.69) is 5.32 Å². The van der Waals surface area contributed by atoms with Crippen LogP contribution >= 0.6 is 0 Å². The summed E-state index contributed by atoms with van der Waals surface area (Å²) in [6.07, 6.45) is 0.906. The second kappa shape index (κ2) is 10.4. The first kappa shape index (κ1) is 24.3. The lowest BCUT2D eigenvalue weighted by Gasteiger charge is -2.32. The standard InChI is InChI=1S/C22H28FN3O4S/c1-16(2)24-22(28)17(3)25(14-18-10-6-5-7-11-18)21(27)15-26(31(4,29)30)20-13-9-8-12-19(20)23/h5-13,16-17H,14-15H2,1-4H3,(H,24,28)/t17-/m1/s1. The van der Waals surface area contributed by atoms with Crippen LogP contribution < -0.4 is 9.62 Å². The Morgan fingerprint density at radius 3 is 2.13 bits per heavy atom. The van der Waals surface area contributed by atoms with Crippen LogP contribution in [0.3, 0.4) is 0 Å². The smallest absolute Gasteiger partial charge is 0.244 e. The average molecular weight is 450 g/mol. The van der Waals surface area contributed by atoms with Gasteiger partial charge in [0.15, 0.2) is 0 Å². The molecule has 2 aromatic carbocycles. The van der Waals surface area contributed by atoms with Crippen molar-refractivity contribution in [2.24, 2.45) is 0 Å². The Labute approximate surface area is 182 Å². The van der Waals surface area contributed by atoms with Gasteiger partial charge >= 0.3 is 0 Å². The zero-order valence-corrected chi connectivity index (χ0v) is 18.9. The Hall–Kier alpha value is -2.94. The van der Waals surface area contributed by atoms with Gasteiger partial charge in [0, 0.05) is 12.6 Å². The Balaban J connectivity index is 2.38. The molecule has 0 aliphatic rings. The summed E-state index contributed by atoms with van der Waals surface area (Å²) in [6.45, 7) is 4.65. The Kier molecular flexibility index (Phi) is 8.15. The van der Waals surface area contributed by atoms with E-state index in [1.807, 2.05) is 6.07 Å². The Morgan fingerprint density at radius 2 is 1.58 bits per heavy atom. The highest BCUT2D eigenvalue weighted by molar-refractivity contribution is 7.92. The third-order valence-corrected chi connectivity index (χ3v) is 5.72. The Bertz CT molecular complexity index is 1010. The number of rotatable bonds is 9. The summed E-state index contributed by atoms with van der Waals surface area (Å²) in [5, 5.41) is 2.76. The first-order valence-corrected chi connectivity index (χ1v) is 11.7. The maximum absolute atomic E-state index is 14.3. The van der Waals surface area contributed by atoms with E-state index >= 15 is 0 Å². The van der Waals surface area contributed by atoms with E-state index in [1.54, 1.807) is 45.0 Å². The zero-order chi connectivity index (χ0) is 23.2. The van der Waals surface area contributed by atoms with E-state index in [4.69, 9.17) is 0 Å². The topological polar surface area (TPSA) is 86.8 Å². The summed E-state index contributed by atoms with van der Waals surface area (Å²) >= 11 is 0. The van der Waals surface area contributed by atoms with Gasteiger partial charge in [-0.1, -0.05) is 42.5 Å². The van der Waals surface area contributed by atoms with Crippen LogP contribution in [-0.4, -0.2) is 50.0 Å². The molecule has 0 saturated carbocycles. The molecule has 0 saturated heterocycles. The van der Waals surface area contributed by atoms with Crippen molar-refractivity contribution in [3.05, 3.63) is 66.0 Å². The van der Waals surface area contributed by atoms with Gasteiger partial charge in [0.05, 0.1) is 11.9 Å². The van der Waals surface area contributed by atoms with Gasteiger partial charge in [-0.05, 0) is 38.5 Å². The molecule has 2 rings (SSSR count). The number of hydrogen-bond donors (Lipinski definition) is 1. The number of amides is 2. The molecule has 2 aromatic rings. The van der Waals surface area contributed by atoms with Gasteiger partial charge in [-0.25, -0.2) is 12.8 Å². The van der Waals surface area contributed by atoms with Gasteiger partial charge in [0.25, 0.3) is 0 Å². The van der Waals surface area contributed by atoms with Crippen LogP contribution in [0.15, 0.2) is 54.6 Å². The molecule has 1 N–H and O–H groups in total. The predicted octanol–water partition coefficient (Wildman–Crippen LogP) is 2.53. The fourth-order valence-corrected chi connectivity index (χ4v) is 3.87. The molecule has 0 bridgehead atoms. The van der Waals surface area contributed by atoms with Crippen molar-refractivity contribution in [3.8, 4) is 0 Å². The molecule has 0 aromatic heterocycles. The number of nitrogens with zero attached hydrogens (tertiary/aromatic N) is 2. The number of para-hydroxylation sites is 1.